The summed E-state index contributed by atoms with van der Waals surface area (Å²) in [6.45, 7) is 2.26. The van der Waals surface area contributed by atoms with Gasteiger partial charge in [0, 0.05) is 50.3 Å². The molecule has 26 heavy (non-hydrogen) atoms. The molecular formula is C17H23N5O4. The van der Waals surface area contributed by atoms with Crippen LogP contribution in [0, 0.1) is 5.41 Å². The monoisotopic (exact) mass is 361 g/mol. The largest absolute Gasteiger partial charge is 0.480 e. The molecule has 9 nitrogen and oxygen atoms in total. The number of nitrogens with two attached hydrogens (primary N) is 1. The number of nitrogens with zero attached hydrogens (tertiary/aromatic N) is 2. The smallest absolute Gasteiger partial charge is 0.317 e. The summed E-state index contributed by atoms with van der Waals surface area (Å²) < 4.78 is 0. The number of nitrogens with one attached hydrogen (secondary N) is 2. The van der Waals surface area contributed by atoms with E-state index in [1.165, 1.54) is 0 Å². The third kappa shape index (κ3) is 5.55. The maximum absolute atomic E-state index is 12.2. The zero-order chi connectivity index (χ0) is 19.1. The molecule has 9 heteroatoms. The van der Waals surface area contributed by atoms with Crippen LogP contribution in [0.1, 0.15) is 22.3 Å². The number of rotatable bonds is 7. The molecule has 0 spiro atoms. The van der Waals surface area contributed by atoms with E-state index in [9.17, 15) is 14.4 Å². The van der Waals surface area contributed by atoms with E-state index in [2.05, 4.69) is 5.32 Å². The van der Waals surface area contributed by atoms with Crippen LogP contribution in [0.4, 0.5) is 0 Å². The van der Waals surface area contributed by atoms with Crippen molar-refractivity contribution >= 4 is 23.6 Å². The number of carbonyl (C=O) groups excluding carboxylic acids is 2. The molecule has 0 saturated carbocycles. The first kappa shape index (κ1) is 19.4. The normalized spacial score (nSPS) is 14.7. The Hall–Kier alpha value is -2.94. The summed E-state index contributed by atoms with van der Waals surface area (Å²) in [4.78, 5) is 38.4. The molecule has 5 N–H and O–H groups in total. The molecule has 1 aromatic carbocycles. The highest BCUT2D eigenvalue weighted by atomic mass is 16.4. The minimum atomic E-state index is -0.871. The number of carbonyl (C=O) groups is 3. The number of aliphatic carboxylic acids is 1. The Labute approximate surface area is 151 Å². The lowest BCUT2D eigenvalue weighted by Crippen LogP contribution is -2.50. The Bertz CT molecular complexity index is 681. The maximum atomic E-state index is 12.2. The van der Waals surface area contributed by atoms with Crippen LogP contribution in [0.5, 0.6) is 0 Å². The lowest BCUT2D eigenvalue weighted by atomic mass is 10.1. The third-order valence-electron chi connectivity index (χ3n) is 4.17. The molecule has 1 aromatic rings. The van der Waals surface area contributed by atoms with Crippen LogP contribution in [-0.4, -0.2) is 77.8 Å². The van der Waals surface area contributed by atoms with Gasteiger partial charge in [-0.2, -0.15) is 0 Å². The minimum absolute atomic E-state index is 0.0134. The second-order valence-electron chi connectivity index (χ2n) is 6.05. The number of hydrogen-bond donors (Lipinski definition) is 4. The fourth-order valence-corrected chi connectivity index (χ4v) is 2.69. The van der Waals surface area contributed by atoms with E-state index in [-0.39, 0.29) is 37.2 Å². The second kappa shape index (κ2) is 8.95. The molecule has 0 radical (unpaired) electrons. The number of hydrogen-bond acceptors (Lipinski definition) is 5. The van der Waals surface area contributed by atoms with Gasteiger partial charge in [0.1, 0.15) is 5.84 Å². The fraction of sp³-hybridized carbons (Fsp3) is 0.412. The predicted molar refractivity (Wildman–Crippen MR) is 95.1 cm³/mol. The first-order chi connectivity index (χ1) is 12.4. The number of nitrogen functional groups attached to an aromatic ring is 1. The summed E-state index contributed by atoms with van der Waals surface area (Å²) in [5, 5.41) is 18.8. The van der Waals surface area contributed by atoms with Gasteiger partial charge in [-0.3, -0.25) is 24.7 Å². The molecule has 140 valence electrons. The van der Waals surface area contributed by atoms with Crippen LogP contribution in [0.25, 0.3) is 0 Å². The molecule has 2 amide bonds. The van der Waals surface area contributed by atoms with E-state index in [4.69, 9.17) is 16.2 Å². The van der Waals surface area contributed by atoms with Crippen molar-refractivity contribution in [2.24, 2.45) is 5.73 Å². The molecule has 0 aromatic heterocycles. The molecule has 0 atom stereocenters. The van der Waals surface area contributed by atoms with Crippen molar-refractivity contribution in [3.63, 3.8) is 0 Å². The average molecular weight is 361 g/mol. The van der Waals surface area contributed by atoms with Crippen LogP contribution < -0.4 is 11.1 Å². The van der Waals surface area contributed by atoms with Crippen molar-refractivity contribution in [1.29, 1.82) is 5.41 Å². The summed E-state index contributed by atoms with van der Waals surface area (Å²) in [6.07, 6.45) is 0.191. The van der Waals surface area contributed by atoms with Crippen molar-refractivity contribution in [3.05, 3.63) is 35.4 Å². The number of amides is 2. The maximum Gasteiger partial charge on any atom is 0.317 e. The Morgan fingerprint density at radius 1 is 1.08 bits per heavy atom. The van der Waals surface area contributed by atoms with Crippen molar-refractivity contribution in [2.45, 2.75) is 6.42 Å². The standard InChI is InChI=1S/C17H23N5O4/c18-16(19)12-1-3-13(4-2-12)17(26)20-6-5-14(23)22-9-7-21(8-10-22)11-15(24)25/h1-4H,5-11H2,(H3,18,19)(H,20,26)(H,24,25). The summed E-state index contributed by atoms with van der Waals surface area (Å²) in [5.74, 6) is -1.29. The lowest BCUT2D eigenvalue weighted by molar-refractivity contribution is -0.139. The first-order valence-electron chi connectivity index (χ1n) is 8.31. The summed E-state index contributed by atoms with van der Waals surface area (Å²) >= 11 is 0. The van der Waals surface area contributed by atoms with Gasteiger partial charge in [-0.25, -0.2) is 0 Å². The average Bonchev–Trinajstić information content (AvgIpc) is 2.61. The van der Waals surface area contributed by atoms with Gasteiger partial charge in [0.2, 0.25) is 5.91 Å². The zero-order valence-electron chi connectivity index (χ0n) is 14.4. The van der Waals surface area contributed by atoms with Crippen LogP contribution in [0.2, 0.25) is 0 Å². The van der Waals surface area contributed by atoms with Gasteiger partial charge in [0.25, 0.3) is 5.91 Å². The van der Waals surface area contributed by atoms with Crippen molar-refractivity contribution in [2.75, 3.05) is 39.3 Å². The Kier molecular flexibility index (Phi) is 6.67. The van der Waals surface area contributed by atoms with Crippen LogP contribution in [0.15, 0.2) is 24.3 Å². The van der Waals surface area contributed by atoms with Crippen LogP contribution in [0.3, 0.4) is 0 Å². The molecule has 1 saturated heterocycles. The SMILES string of the molecule is N=C(N)c1ccc(C(=O)NCCC(=O)N2CCN(CC(=O)O)CC2)cc1. The van der Waals surface area contributed by atoms with Crippen LogP contribution >= 0.6 is 0 Å². The lowest BCUT2D eigenvalue weighted by Gasteiger charge is -2.33. The molecule has 0 aliphatic carbocycles. The molecule has 2 rings (SSSR count). The molecule has 1 aliphatic heterocycles. The zero-order valence-corrected chi connectivity index (χ0v) is 14.4. The number of carboxylic acids is 1. The van der Waals surface area contributed by atoms with Gasteiger partial charge in [-0.05, 0) is 12.1 Å². The van der Waals surface area contributed by atoms with E-state index in [0.717, 1.165) is 0 Å². The highest BCUT2D eigenvalue weighted by molar-refractivity contribution is 5.98. The summed E-state index contributed by atoms with van der Waals surface area (Å²) in [7, 11) is 0. The number of amidine groups is 1. The van der Waals surface area contributed by atoms with E-state index in [1.807, 2.05) is 0 Å². The molecule has 1 fully saturated rings. The summed E-state index contributed by atoms with van der Waals surface area (Å²) in [6, 6.07) is 6.35. The van der Waals surface area contributed by atoms with E-state index < -0.39 is 5.97 Å². The van der Waals surface area contributed by atoms with E-state index in [0.29, 0.717) is 37.3 Å². The quantitative estimate of drug-likeness (QED) is 0.375. The first-order valence-corrected chi connectivity index (χ1v) is 8.31. The van der Waals surface area contributed by atoms with E-state index in [1.54, 1.807) is 34.1 Å². The van der Waals surface area contributed by atoms with Gasteiger partial charge in [-0.15, -0.1) is 0 Å². The Balaban J connectivity index is 1.72. The Morgan fingerprint density at radius 3 is 2.19 bits per heavy atom. The van der Waals surface area contributed by atoms with Gasteiger partial charge in [0.05, 0.1) is 6.54 Å². The highest BCUT2D eigenvalue weighted by Gasteiger charge is 2.22. The van der Waals surface area contributed by atoms with E-state index >= 15 is 0 Å². The fourth-order valence-electron chi connectivity index (χ4n) is 2.69. The van der Waals surface area contributed by atoms with Gasteiger partial charge < -0.3 is 21.1 Å². The van der Waals surface area contributed by atoms with Crippen molar-refractivity contribution < 1.29 is 19.5 Å². The number of piperazine rings is 1. The molecule has 0 bridgehead atoms. The topological polar surface area (TPSA) is 140 Å². The molecule has 1 aliphatic rings. The van der Waals surface area contributed by atoms with Crippen molar-refractivity contribution in [1.82, 2.24) is 15.1 Å². The minimum Gasteiger partial charge on any atom is -0.480 e. The molecular weight excluding hydrogens is 338 g/mol. The highest BCUT2D eigenvalue weighted by Crippen LogP contribution is 2.05. The number of carboxylic acid groups (broad SMARTS) is 1. The molecule has 0 unspecified atom stereocenters. The number of benzene rings is 1. The molecule has 1 heterocycles. The second-order valence-corrected chi connectivity index (χ2v) is 6.05. The Morgan fingerprint density at radius 2 is 1.65 bits per heavy atom. The van der Waals surface area contributed by atoms with Gasteiger partial charge in [-0.1, -0.05) is 12.1 Å². The predicted octanol–water partition coefficient (Wildman–Crippen LogP) is -0.681. The van der Waals surface area contributed by atoms with Crippen molar-refractivity contribution in [3.8, 4) is 0 Å². The third-order valence-corrected chi connectivity index (χ3v) is 4.17. The summed E-state index contributed by atoms with van der Waals surface area (Å²) in [5.41, 5.74) is 6.34. The van der Waals surface area contributed by atoms with Gasteiger partial charge >= 0.3 is 5.97 Å². The van der Waals surface area contributed by atoms with Gasteiger partial charge in [0.15, 0.2) is 0 Å². The van der Waals surface area contributed by atoms with Crippen LogP contribution in [-0.2, 0) is 9.59 Å².